The zero-order valence-corrected chi connectivity index (χ0v) is 18.8. The Kier molecular flexibility index (Phi) is 7.86. The van der Waals surface area contributed by atoms with Gasteiger partial charge in [-0.3, -0.25) is 25.2 Å². The predicted molar refractivity (Wildman–Crippen MR) is 120 cm³/mol. The summed E-state index contributed by atoms with van der Waals surface area (Å²) in [5, 5.41) is 10.7. The highest BCUT2D eigenvalue weighted by Gasteiger charge is 2.14. The molecule has 33 heavy (non-hydrogen) atoms. The van der Waals surface area contributed by atoms with Crippen LogP contribution in [-0.4, -0.2) is 47.9 Å². The number of benzene rings is 2. The SMILES string of the molecule is COc1cc(OC)cc(C(=O)NNC(=O)CSc2nnc(-c3ccc(NC(C)=O)cc3)o2)c1. The van der Waals surface area contributed by atoms with Crippen LogP contribution in [0.3, 0.4) is 0 Å². The van der Waals surface area contributed by atoms with Gasteiger partial charge < -0.3 is 19.2 Å². The molecule has 1 heterocycles. The monoisotopic (exact) mass is 471 g/mol. The van der Waals surface area contributed by atoms with Crippen LogP contribution in [0.5, 0.6) is 11.5 Å². The van der Waals surface area contributed by atoms with Crippen molar-refractivity contribution in [2.75, 3.05) is 25.3 Å². The number of nitrogens with zero attached hydrogens (tertiary/aromatic N) is 2. The van der Waals surface area contributed by atoms with Gasteiger partial charge >= 0.3 is 0 Å². The summed E-state index contributed by atoms with van der Waals surface area (Å²) in [6.45, 7) is 1.42. The number of ether oxygens (including phenoxy) is 2. The third kappa shape index (κ3) is 6.71. The van der Waals surface area contributed by atoms with Gasteiger partial charge in [0.1, 0.15) is 11.5 Å². The molecular formula is C21H21N5O6S. The lowest BCUT2D eigenvalue weighted by Gasteiger charge is -2.09. The molecule has 3 rings (SSSR count). The molecular weight excluding hydrogens is 450 g/mol. The standard InChI is InChI=1S/C21H21N5O6S/c1-12(27)22-15-6-4-13(5-7-15)20-25-26-21(32-20)33-11-18(28)23-24-19(29)14-8-16(30-2)10-17(9-14)31-3/h4-10H,11H2,1-3H3,(H,22,27)(H,23,28)(H,24,29). The van der Waals surface area contributed by atoms with Gasteiger partial charge in [0.2, 0.25) is 17.7 Å². The second-order valence-corrected chi connectivity index (χ2v) is 7.45. The van der Waals surface area contributed by atoms with Gasteiger partial charge in [0.05, 0.1) is 20.0 Å². The molecule has 0 atom stereocenters. The minimum atomic E-state index is -0.534. The Hall–Kier alpha value is -4.06. The van der Waals surface area contributed by atoms with E-state index in [0.29, 0.717) is 22.7 Å². The number of hydrogen-bond acceptors (Lipinski definition) is 9. The Morgan fingerprint density at radius 2 is 1.64 bits per heavy atom. The topological polar surface area (TPSA) is 145 Å². The van der Waals surface area contributed by atoms with Gasteiger partial charge in [-0.25, -0.2) is 0 Å². The molecule has 3 amide bonds. The quantitative estimate of drug-likeness (QED) is 0.333. The number of hydrogen-bond donors (Lipinski definition) is 3. The fourth-order valence-electron chi connectivity index (χ4n) is 2.58. The second-order valence-electron chi connectivity index (χ2n) is 6.52. The first kappa shape index (κ1) is 23.6. The number of methoxy groups -OCH3 is 2. The maximum atomic E-state index is 12.3. The molecule has 0 aliphatic carbocycles. The Morgan fingerprint density at radius 3 is 2.24 bits per heavy atom. The van der Waals surface area contributed by atoms with Crippen molar-refractivity contribution in [1.29, 1.82) is 0 Å². The van der Waals surface area contributed by atoms with Gasteiger partial charge in [-0.15, -0.1) is 10.2 Å². The van der Waals surface area contributed by atoms with Crippen LogP contribution in [0, 0.1) is 0 Å². The van der Waals surface area contributed by atoms with Crippen LogP contribution in [0.25, 0.3) is 11.5 Å². The normalized spacial score (nSPS) is 10.3. The highest BCUT2D eigenvalue weighted by Crippen LogP contribution is 2.24. The third-order valence-corrected chi connectivity index (χ3v) is 4.93. The van der Waals surface area contributed by atoms with E-state index in [0.717, 1.165) is 11.8 Å². The number of anilines is 1. The number of carbonyl (C=O) groups is 3. The number of carbonyl (C=O) groups excluding carboxylic acids is 3. The van der Waals surface area contributed by atoms with Crippen LogP contribution in [0.2, 0.25) is 0 Å². The Morgan fingerprint density at radius 1 is 0.970 bits per heavy atom. The van der Waals surface area contributed by atoms with Gasteiger partial charge in [-0.1, -0.05) is 11.8 Å². The Balaban J connectivity index is 1.50. The molecule has 0 saturated carbocycles. The largest absolute Gasteiger partial charge is 0.497 e. The Bertz CT molecular complexity index is 1130. The fraction of sp³-hybridized carbons (Fsp3) is 0.190. The van der Waals surface area contributed by atoms with Crippen LogP contribution in [0.4, 0.5) is 5.69 Å². The summed E-state index contributed by atoms with van der Waals surface area (Å²) >= 11 is 1.01. The van der Waals surface area contributed by atoms with Crippen molar-refractivity contribution in [1.82, 2.24) is 21.0 Å². The highest BCUT2D eigenvalue weighted by molar-refractivity contribution is 7.99. The average molecular weight is 471 g/mol. The summed E-state index contributed by atoms with van der Waals surface area (Å²) in [4.78, 5) is 35.5. The maximum Gasteiger partial charge on any atom is 0.277 e. The molecule has 0 saturated heterocycles. The summed E-state index contributed by atoms with van der Waals surface area (Å²) in [5.41, 5.74) is 6.21. The van der Waals surface area contributed by atoms with Crippen molar-refractivity contribution in [3.05, 3.63) is 48.0 Å². The van der Waals surface area contributed by atoms with Gasteiger partial charge in [0.25, 0.3) is 11.1 Å². The molecule has 172 valence electrons. The van der Waals surface area contributed by atoms with Crippen molar-refractivity contribution in [3.8, 4) is 23.0 Å². The summed E-state index contributed by atoms with van der Waals surface area (Å²) in [5.74, 6) is -0.0812. The number of aromatic nitrogens is 2. The van der Waals surface area contributed by atoms with Crippen molar-refractivity contribution >= 4 is 35.2 Å². The average Bonchev–Trinajstić information content (AvgIpc) is 3.30. The summed E-state index contributed by atoms with van der Waals surface area (Å²) < 4.78 is 15.8. The highest BCUT2D eigenvalue weighted by atomic mass is 32.2. The molecule has 11 nitrogen and oxygen atoms in total. The number of nitrogens with one attached hydrogen (secondary N) is 3. The third-order valence-electron chi connectivity index (χ3n) is 4.11. The van der Waals surface area contributed by atoms with Crippen LogP contribution in [0.1, 0.15) is 17.3 Å². The molecule has 0 spiro atoms. The van der Waals surface area contributed by atoms with Crippen LogP contribution < -0.4 is 25.6 Å². The van der Waals surface area contributed by atoms with Crippen molar-refractivity contribution in [2.45, 2.75) is 12.1 Å². The first-order valence-electron chi connectivity index (χ1n) is 9.54. The second kappa shape index (κ2) is 11.0. The van der Waals surface area contributed by atoms with Gasteiger partial charge in [0, 0.05) is 29.8 Å². The molecule has 0 aliphatic rings. The van der Waals surface area contributed by atoms with E-state index in [4.69, 9.17) is 13.9 Å². The molecule has 3 aromatic rings. The minimum Gasteiger partial charge on any atom is -0.497 e. The first-order valence-corrected chi connectivity index (χ1v) is 10.5. The summed E-state index contributed by atoms with van der Waals surface area (Å²) in [7, 11) is 2.94. The molecule has 0 aliphatic heterocycles. The van der Waals surface area contributed by atoms with Crippen LogP contribution in [0.15, 0.2) is 52.1 Å². The van der Waals surface area contributed by atoms with Gasteiger partial charge in [-0.05, 0) is 36.4 Å². The number of amides is 3. The van der Waals surface area contributed by atoms with E-state index in [-0.39, 0.29) is 28.3 Å². The van der Waals surface area contributed by atoms with E-state index in [2.05, 4.69) is 26.4 Å². The van der Waals surface area contributed by atoms with E-state index in [1.54, 1.807) is 30.3 Å². The summed E-state index contributed by atoms with van der Waals surface area (Å²) in [6.07, 6.45) is 0. The molecule has 0 bridgehead atoms. The molecule has 0 radical (unpaired) electrons. The molecule has 1 aromatic heterocycles. The first-order chi connectivity index (χ1) is 15.9. The minimum absolute atomic E-state index is 0.0647. The zero-order chi connectivity index (χ0) is 23.8. The van der Waals surface area contributed by atoms with E-state index in [1.165, 1.54) is 33.3 Å². The van der Waals surface area contributed by atoms with Crippen molar-refractivity contribution in [2.24, 2.45) is 0 Å². The van der Waals surface area contributed by atoms with Gasteiger partial charge in [0.15, 0.2) is 0 Å². The maximum absolute atomic E-state index is 12.3. The van der Waals surface area contributed by atoms with Crippen LogP contribution in [-0.2, 0) is 9.59 Å². The summed E-state index contributed by atoms with van der Waals surface area (Å²) in [6, 6.07) is 11.5. The lowest BCUT2D eigenvalue weighted by Crippen LogP contribution is -2.42. The number of rotatable bonds is 8. The zero-order valence-electron chi connectivity index (χ0n) is 18.0. The van der Waals surface area contributed by atoms with Crippen molar-refractivity contribution in [3.63, 3.8) is 0 Å². The fourth-order valence-corrected chi connectivity index (χ4v) is 3.15. The van der Waals surface area contributed by atoms with E-state index < -0.39 is 11.8 Å². The molecule has 2 aromatic carbocycles. The smallest absolute Gasteiger partial charge is 0.277 e. The van der Waals surface area contributed by atoms with Crippen molar-refractivity contribution < 1.29 is 28.3 Å². The molecule has 3 N–H and O–H groups in total. The van der Waals surface area contributed by atoms with E-state index in [9.17, 15) is 14.4 Å². The van der Waals surface area contributed by atoms with E-state index >= 15 is 0 Å². The molecule has 0 fully saturated rings. The lowest BCUT2D eigenvalue weighted by molar-refractivity contribution is -0.119. The van der Waals surface area contributed by atoms with Crippen LogP contribution >= 0.6 is 11.8 Å². The Labute approximate surface area is 193 Å². The van der Waals surface area contributed by atoms with Gasteiger partial charge in [-0.2, -0.15) is 0 Å². The predicted octanol–water partition coefficient (Wildman–Crippen LogP) is 2.27. The number of hydrazine groups is 1. The lowest BCUT2D eigenvalue weighted by atomic mass is 10.2. The molecule has 12 heteroatoms. The molecule has 0 unspecified atom stereocenters. The van der Waals surface area contributed by atoms with E-state index in [1.807, 2.05) is 0 Å². The number of thioether (sulfide) groups is 1.